The average Bonchev–Trinajstić information content (AvgIpc) is 3.08. The van der Waals surface area contributed by atoms with Gasteiger partial charge in [0.15, 0.2) is 0 Å². The van der Waals surface area contributed by atoms with Gasteiger partial charge < -0.3 is 10.1 Å². The topological polar surface area (TPSA) is 38.3 Å². The summed E-state index contributed by atoms with van der Waals surface area (Å²) in [6, 6.07) is 18.7. The van der Waals surface area contributed by atoms with Crippen molar-refractivity contribution in [1.29, 1.82) is 0 Å². The summed E-state index contributed by atoms with van der Waals surface area (Å²) >= 11 is 0. The van der Waals surface area contributed by atoms with E-state index in [2.05, 4.69) is 41.7 Å². The second-order valence-electron chi connectivity index (χ2n) is 6.12. The molecule has 1 saturated heterocycles. The van der Waals surface area contributed by atoms with E-state index in [1.807, 2.05) is 25.1 Å². The van der Waals surface area contributed by atoms with Gasteiger partial charge in [-0.25, -0.2) is 0 Å². The van der Waals surface area contributed by atoms with Crippen LogP contribution in [0.3, 0.4) is 0 Å². The molecule has 1 amide bonds. The van der Waals surface area contributed by atoms with Crippen LogP contribution in [0.5, 0.6) is 0 Å². The summed E-state index contributed by atoms with van der Waals surface area (Å²) in [7, 11) is 0. The third kappa shape index (κ3) is 4.20. The number of nitrogens with one attached hydrogen (secondary N) is 1. The molecule has 2 atom stereocenters. The van der Waals surface area contributed by atoms with Crippen molar-refractivity contribution in [3.8, 4) is 11.1 Å². The molecule has 3 nitrogen and oxygen atoms in total. The second kappa shape index (κ2) is 7.42. The van der Waals surface area contributed by atoms with Crippen molar-refractivity contribution < 1.29 is 9.53 Å². The maximum Gasteiger partial charge on any atom is 0.223 e. The van der Waals surface area contributed by atoms with Crippen LogP contribution in [-0.2, 0) is 9.53 Å². The second-order valence-corrected chi connectivity index (χ2v) is 6.12. The summed E-state index contributed by atoms with van der Waals surface area (Å²) < 4.78 is 5.51. The Balaban J connectivity index is 1.59. The quantitative estimate of drug-likeness (QED) is 0.903. The first-order chi connectivity index (χ1) is 11.2. The van der Waals surface area contributed by atoms with Crippen LogP contribution >= 0.6 is 0 Å². The molecule has 0 spiro atoms. The largest absolute Gasteiger partial charge is 0.378 e. The molecule has 1 fully saturated rings. The van der Waals surface area contributed by atoms with Crippen LogP contribution in [0.25, 0.3) is 11.1 Å². The molecule has 0 aromatic heterocycles. The van der Waals surface area contributed by atoms with Crippen LogP contribution in [0.4, 0.5) is 0 Å². The first-order valence-corrected chi connectivity index (χ1v) is 8.29. The molecule has 1 N–H and O–H groups in total. The third-order valence-electron chi connectivity index (χ3n) is 4.33. The normalized spacial score (nSPS) is 18.6. The van der Waals surface area contributed by atoms with Crippen LogP contribution in [0, 0.1) is 0 Å². The molecule has 0 aliphatic carbocycles. The van der Waals surface area contributed by atoms with Gasteiger partial charge in [0.25, 0.3) is 0 Å². The minimum absolute atomic E-state index is 0.00808. The van der Waals surface area contributed by atoms with Crippen molar-refractivity contribution in [1.82, 2.24) is 5.32 Å². The van der Waals surface area contributed by atoms with Gasteiger partial charge in [-0.05, 0) is 36.5 Å². The maximum atomic E-state index is 12.1. The standard InChI is InChI=1S/C20H23NO2/c1-15(21-20(22)14-19-8-5-13-23-19)16-9-11-18(12-10-16)17-6-3-2-4-7-17/h2-4,6-7,9-12,15,19H,5,8,13-14H2,1H3,(H,21,22). The smallest absolute Gasteiger partial charge is 0.223 e. The van der Waals surface area contributed by atoms with Gasteiger partial charge in [0.2, 0.25) is 5.91 Å². The third-order valence-corrected chi connectivity index (χ3v) is 4.33. The molecular formula is C20H23NO2. The highest BCUT2D eigenvalue weighted by Crippen LogP contribution is 2.22. The van der Waals surface area contributed by atoms with Gasteiger partial charge in [-0.2, -0.15) is 0 Å². The van der Waals surface area contributed by atoms with E-state index in [1.165, 1.54) is 11.1 Å². The van der Waals surface area contributed by atoms with Gasteiger partial charge in [0.1, 0.15) is 0 Å². The van der Waals surface area contributed by atoms with Crippen molar-refractivity contribution in [2.24, 2.45) is 0 Å². The Hall–Kier alpha value is -2.13. The lowest BCUT2D eigenvalue weighted by Gasteiger charge is -2.16. The van der Waals surface area contributed by atoms with Crippen molar-refractivity contribution >= 4 is 5.91 Å². The molecule has 2 aromatic rings. The van der Waals surface area contributed by atoms with Crippen LogP contribution in [-0.4, -0.2) is 18.6 Å². The van der Waals surface area contributed by atoms with E-state index in [0.29, 0.717) is 6.42 Å². The number of hydrogen-bond donors (Lipinski definition) is 1. The number of amides is 1. The van der Waals surface area contributed by atoms with Crippen molar-refractivity contribution in [3.63, 3.8) is 0 Å². The van der Waals surface area contributed by atoms with E-state index in [1.54, 1.807) is 0 Å². The number of hydrogen-bond acceptors (Lipinski definition) is 2. The predicted molar refractivity (Wildman–Crippen MR) is 92.0 cm³/mol. The van der Waals surface area contributed by atoms with Gasteiger partial charge in [-0.15, -0.1) is 0 Å². The summed E-state index contributed by atoms with van der Waals surface area (Å²) in [4.78, 5) is 12.1. The van der Waals surface area contributed by atoms with Crippen LogP contribution in [0.15, 0.2) is 54.6 Å². The summed E-state index contributed by atoms with van der Waals surface area (Å²) in [6.45, 7) is 2.80. The van der Waals surface area contributed by atoms with E-state index in [0.717, 1.165) is 25.0 Å². The van der Waals surface area contributed by atoms with E-state index in [9.17, 15) is 4.79 Å². The summed E-state index contributed by atoms with van der Waals surface area (Å²) in [5.74, 6) is 0.0662. The molecule has 1 aliphatic heterocycles. The summed E-state index contributed by atoms with van der Waals surface area (Å²) in [5.41, 5.74) is 3.51. The average molecular weight is 309 g/mol. The molecule has 120 valence electrons. The Bertz CT molecular complexity index is 630. The molecule has 2 unspecified atom stereocenters. The van der Waals surface area contributed by atoms with E-state index in [4.69, 9.17) is 4.74 Å². The Kier molecular flexibility index (Phi) is 5.09. The first kappa shape index (κ1) is 15.8. The van der Waals surface area contributed by atoms with Crippen LogP contribution in [0.1, 0.15) is 37.8 Å². The molecule has 1 heterocycles. The van der Waals surface area contributed by atoms with E-state index in [-0.39, 0.29) is 18.1 Å². The minimum Gasteiger partial charge on any atom is -0.378 e. The van der Waals surface area contributed by atoms with E-state index < -0.39 is 0 Å². The summed E-state index contributed by atoms with van der Waals surface area (Å²) in [6.07, 6.45) is 2.62. The Morgan fingerprint density at radius 2 is 1.83 bits per heavy atom. The fourth-order valence-electron chi connectivity index (χ4n) is 2.99. The van der Waals surface area contributed by atoms with Crippen molar-refractivity contribution in [2.75, 3.05) is 6.61 Å². The lowest BCUT2D eigenvalue weighted by molar-refractivity contribution is -0.123. The van der Waals surface area contributed by atoms with Gasteiger partial charge >= 0.3 is 0 Å². The Morgan fingerprint density at radius 1 is 1.13 bits per heavy atom. The molecular weight excluding hydrogens is 286 g/mol. The van der Waals surface area contributed by atoms with Crippen LogP contribution in [0.2, 0.25) is 0 Å². The monoisotopic (exact) mass is 309 g/mol. The number of benzene rings is 2. The Labute approximate surface area is 137 Å². The SMILES string of the molecule is CC(NC(=O)CC1CCCO1)c1ccc(-c2ccccc2)cc1. The van der Waals surface area contributed by atoms with Gasteiger partial charge in [-0.1, -0.05) is 54.6 Å². The zero-order valence-electron chi connectivity index (χ0n) is 13.5. The lowest BCUT2D eigenvalue weighted by Crippen LogP contribution is -2.29. The molecule has 0 saturated carbocycles. The molecule has 1 aliphatic rings. The highest BCUT2D eigenvalue weighted by atomic mass is 16.5. The highest BCUT2D eigenvalue weighted by Gasteiger charge is 2.20. The number of ether oxygens (including phenoxy) is 1. The maximum absolute atomic E-state index is 12.1. The molecule has 3 rings (SSSR count). The molecule has 0 radical (unpaired) electrons. The van der Waals surface area contributed by atoms with Gasteiger partial charge in [-0.3, -0.25) is 4.79 Å². The molecule has 2 aromatic carbocycles. The first-order valence-electron chi connectivity index (χ1n) is 8.29. The van der Waals surface area contributed by atoms with Gasteiger partial charge in [0, 0.05) is 6.61 Å². The zero-order valence-corrected chi connectivity index (χ0v) is 13.5. The predicted octanol–water partition coefficient (Wildman–Crippen LogP) is 4.10. The fourth-order valence-corrected chi connectivity index (χ4v) is 2.99. The van der Waals surface area contributed by atoms with E-state index >= 15 is 0 Å². The van der Waals surface area contributed by atoms with Crippen LogP contribution < -0.4 is 5.32 Å². The minimum atomic E-state index is 0.00808. The van der Waals surface area contributed by atoms with Crippen molar-refractivity contribution in [2.45, 2.75) is 38.3 Å². The number of carbonyl (C=O) groups is 1. The zero-order chi connectivity index (χ0) is 16.1. The molecule has 23 heavy (non-hydrogen) atoms. The molecule has 0 bridgehead atoms. The number of rotatable bonds is 5. The lowest BCUT2D eigenvalue weighted by atomic mass is 10.0. The fraction of sp³-hybridized carbons (Fsp3) is 0.350. The van der Waals surface area contributed by atoms with Crippen molar-refractivity contribution in [3.05, 3.63) is 60.2 Å². The molecule has 3 heteroatoms. The highest BCUT2D eigenvalue weighted by molar-refractivity contribution is 5.77. The number of carbonyl (C=O) groups excluding carboxylic acids is 1. The van der Waals surface area contributed by atoms with Gasteiger partial charge in [0.05, 0.1) is 18.6 Å². The Morgan fingerprint density at radius 3 is 2.48 bits per heavy atom. The summed E-state index contributed by atoms with van der Waals surface area (Å²) in [5, 5.41) is 3.06.